The Bertz CT molecular complexity index is 345. The highest BCUT2D eigenvalue weighted by molar-refractivity contribution is 9.09. The van der Waals surface area contributed by atoms with Crippen molar-refractivity contribution >= 4 is 27.5 Å². The van der Waals surface area contributed by atoms with E-state index in [-0.39, 0.29) is 11.2 Å². The zero-order valence-corrected chi connectivity index (χ0v) is 12.2. The third-order valence-electron chi connectivity index (χ3n) is 3.34. The van der Waals surface area contributed by atoms with Crippen molar-refractivity contribution in [3.63, 3.8) is 0 Å². The highest BCUT2D eigenvalue weighted by Crippen LogP contribution is 2.36. The molecule has 0 N–H and O–H groups in total. The number of rotatable bonds is 4. The number of benzene rings is 1. The van der Waals surface area contributed by atoms with Crippen molar-refractivity contribution < 1.29 is 4.39 Å². The van der Waals surface area contributed by atoms with E-state index in [1.54, 1.807) is 12.1 Å². The van der Waals surface area contributed by atoms with Gasteiger partial charge in [0.1, 0.15) is 5.82 Å². The fourth-order valence-corrected chi connectivity index (χ4v) is 2.59. The van der Waals surface area contributed by atoms with Gasteiger partial charge in [0.25, 0.3) is 0 Å². The zero-order valence-electron chi connectivity index (χ0n) is 9.86. The highest BCUT2D eigenvalue weighted by Gasteiger charge is 2.29. The van der Waals surface area contributed by atoms with E-state index in [1.165, 1.54) is 6.07 Å². The van der Waals surface area contributed by atoms with Gasteiger partial charge < -0.3 is 0 Å². The van der Waals surface area contributed by atoms with Gasteiger partial charge in [-0.15, -0.1) is 0 Å². The SMILES string of the molecule is CC(C)C(C)(CBr)Cc1c(F)cccc1Cl. The Hall–Kier alpha value is -0.0800. The van der Waals surface area contributed by atoms with Crippen LogP contribution in [0.1, 0.15) is 26.3 Å². The molecule has 1 rings (SSSR count). The van der Waals surface area contributed by atoms with Gasteiger partial charge in [-0.05, 0) is 29.9 Å². The van der Waals surface area contributed by atoms with Crippen molar-refractivity contribution in [3.8, 4) is 0 Å². The lowest BCUT2D eigenvalue weighted by Crippen LogP contribution is -2.28. The summed E-state index contributed by atoms with van der Waals surface area (Å²) < 4.78 is 13.7. The molecule has 0 aliphatic rings. The van der Waals surface area contributed by atoms with E-state index in [9.17, 15) is 4.39 Å². The minimum absolute atomic E-state index is 0.0197. The quantitative estimate of drug-likeness (QED) is 0.681. The molecule has 0 aliphatic carbocycles. The van der Waals surface area contributed by atoms with E-state index < -0.39 is 0 Å². The van der Waals surface area contributed by atoms with Gasteiger partial charge in [-0.2, -0.15) is 0 Å². The topological polar surface area (TPSA) is 0 Å². The van der Waals surface area contributed by atoms with E-state index in [1.807, 2.05) is 0 Å². The average molecular weight is 308 g/mol. The average Bonchev–Trinajstić information content (AvgIpc) is 2.23. The van der Waals surface area contributed by atoms with Crippen LogP contribution in [0.5, 0.6) is 0 Å². The Labute approximate surface area is 110 Å². The summed E-state index contributed by atoms with van der Waals surface area (Å²) in [6.45, 7) is 6.45. The highest BCUT2D eigenvalue weighted by atomic mass is 79.9. The largest absolute Gasteiger partial charge is 0.207 e. The molecule has 0 nitrogen and oxygen atoms in total. The number of hydrogen-bond donors (Lipinski definition) is 0. The number of alkyl halides is 1. The van der Waals surface area contributed by atoms with Crippen LogP contribution < -0.4 is 0 Å². The van der Waals surface area contributed by atoms with Gasteiger partial charge in [0.2, 0.25) is 0 Å². The summed E-state index contributed by atoms with van der Waals surface area (Å²) in [5.41, 5.74) is 0.645. The molecule has 0 heterocycles. The second-order valence-corrected chi connectivity index (χ2v) is 5.79. The number of halogens is 3. The van der Waals surface area contributed by atoms with Crippen molar-refractivity contribution in [2.24, 2.45) is 11.3 Å². The molecule has 16 heavy (non-hydrogen) atoms. The van der Waals surface area contributed by atoms with E-state index in [0.29, 0.717) is 22.9 Å². The monoisotopic (exact) mass is 306 g/mol. The second-order valence-electron chi connectivity index (χ2n) is 4.82. The Kier molecular flexibility index (Phi) is 4.81. The van der Waals surface area contributed by atoms with E-state index in [4.69, 9.17) is 11.6 Å². The molecule has 0 saturated carbocycles. The first-order chi connectivity index (χ1) is 7.40. The predicted molar refractivity (Wildman–Crippen MR) is 71.9 cm³/mol. The molecule has 1 atom stereocenters. The van der Waals surface area contributed by atoms with Crippen molar-refractivity contribution in [2.75, 3.05) is 5.33 Å². The van der Waals surface area contributed by atoms with Crippen molar-refractivity contribution in [1.29, 1.82) is 0 Å². The van der Waals surface area contributed by atoms with Gasteiger partial charge >= 0.3 is 0 Å². The molecule has 90 valence electrons. The molecule has 0 fully saturated rings. The van der Waals surface area contributed by atoms with Gasteiger partial charge in [0.05, 0.1) is 0 Å². The molecule has 1 unspecified atom stereocenters. The lowest BCUT2D eigenvalue weighted by atomic mass is 9.76. The molecule has 0 amide bonds. The summed E-state index contributed by atoms with van der Waals surface area (Å²) in [5.74, 6) is 0.253. The van der Waals surface area contributed by atoms with E-state index in [2.05, 4.69) is 36.7 Å². The minimum Gasteiger partial charge on any atom is -0.207 e. The van der Waals surface area contributed by atoms with Gasteiger partial charge in [-0.25, -0.2) is 4.39 Å². The van der Waals surface area contributed by atoms with Crippen LogP contribution in [0.15, 0.2) is 18.2 Å². The second kappa shape index (κ2) is 5.50. The van der Waals surface area contributed by atoms with E-state index in [0.717, 1.165) is 5.33 Å². The summed E-state index contributed by atoms with van der Waals surface area (Å²) in [6.07, 6.45) is 0.654. The van der Waals surface area contributed by atoms with Crippen LogP contribution in [0.4, 0.5) is 4.39 Å². The fraction of sp³-hybridized carbons (Fsp3) is 0.538. The lowest BCUT2D eigenvalue weighted by Gasteiger charge is -2.32. The first-order valence-corrected chi connectivity index (χ1v) is 6.89. The molecule has 1 aromatic carbocycles. The molecule has 3 heteroatoms. The maximum atomic E-state index is 13.7. The summed E-state index contributed by atoms with van der Waals surface area (Å²) in [5, 5.41) is 1.36. The van der Waals surface area contributed by atoms with Crippen LogP contribution in [0.3, 0.4) is 0 Å². The molecule has 1 aromatic rings. The minimum atomic E-state index is -0.208. The third-order valence-corrected chi connectivity index (χ3v) is 4.98. The summed E-state index contributed by atoms with van der Waals surface area (Å²) in [4.78, 5) is 0. The molecule has 0 aliphatic heterocycles. The van der Waals surface area contributed by atoms with Crippen molar-refractivity contribution in [1.82, 2.24) is 0 Å². The maximum absolute atomic E-state index is 13.7. The zero-order chi connectivity index (χ0) is 12.3. The molecule has 0 saturated heterocycles. The van der Waals surface area contributed by atoms with Gasteiger partial charge in [0, 0.05) is 15.9 Å². The van der Waals surface area contributed by atoms with Crippen LogP contribution in [-0.4, -0.2) is 5.33 Å². The maximum Gasteiger partial charge on any atom is 0.127 e. The molecular formula is C13H17BrClF. The van der Waals surface area contributed by atoms with Crippen LogP contribution in [0.25, 0.3) is 0 Å². The van der Waals surface area contributed by atoms with Gasteiger partial charge in [-0.3, -0.25) is 0 Å². The summed E-state index contributed by atoms with van der Waals surface area (Å²) in [6, 6.07) is 4.85. The normalized spacial score (nSPS) is 15.2. The fourth-order valence-electron chi connectivity index (χ4n) is 1.51. The molecule has 0 radical (unpaired) electrons. The Morgan fingerprint density at radius 3 is 2.50 bits per heavy atom. The van der Waals surface area contributed by atoms with Gasteiger partial charge in [-0.1, -0.05) is 54.4 Å². The predicted octanol–water partition coefficient (Wildman–Crippen LogP) is 5.08. The first kappa shape index (κ1) is 14.0. The molecule has 0 spiro atoms. The lowest BCUT2D eigenvalue weighted by molar-refractivity contribution is 0.255. The molecule has 0 aromatic heterocycles. The standard InChI is InChI=1S/C13H17BrClF/c1-9(2)13(3,8-14)7-10-11(15)5-4-6-12(10)16/h4-6,9H,7-8H2,1-3H3. The summed E-state index contributed by atoms with van der Waals surface area (Å²) >= 11 is 9.56. The van der Waals surface area contributed by atoms with Crippen molar-refractivity contribution in [3.05, 3.63) is 34.6 Å². The molecule has 0 bridgehead atoms. The Morgan fingerprint density at radius 1 is 1.44 bits per heavy atom. The summed E-state index contributed by atoms with van der Waals surface area (Å²) in [7, 11) is 0. The first-order valence-electron chi connectivity index (χ1n) is 5.39. The van der Waals surface area contributed by atoms with Crippen LogP contribution in [0.2, 0.25) is 5.02 Å². The van der Waals surface area contributed by atoms with Crippen LogP contribution >= 0.6 is 27.5 Å². The van der Waals surface area contributed by atoms with Crippen molar-refractivity contribution in [2.45, 2.75) is 27.2 Å². The van der Waals surface area contributed by atoms with Crippen LogP contribution in [-0.2, 0) is 6.42 Å². The van der Waals surface area contributed by atoms with Gasteiger partial charge in [0.15, 0.2) is 0 Å². The van der Waals surface area contributed by atoms with E-state index >= 15 is 0 Å². The van der Waals surface area contributed by atoms with Crippen LogP contribution in [0, 0.1) is 17.2 Å². The Balaban J connectivity index is 3.03. The Morgan fingerprint density at radius 2 is 2.06 bits per heavy atom. The smallest absolute Gasteiger partial charge is 0.127 e. The third kappa shape index (κ3) is 2.98. The number of hydrogen-bond acceptors (Lipinski definition) is 0. The molecular weight excluding hydrogens is 290 g/mol.